The van der Waals surface area contributed by atoms with Crippen molar-refractivity contribution < 1.29 is 23.5 Å². The van der Waals surface area contributed by atoms with Crippen LogP contribution in [-0.2, 0) is 9.59 Å². The first-order valence-corrected chi connectivity index (χ1v) is 2.76. The average Bonchev–Trinajstić information content (AvgIpc) is 1.87. The van der Waals surface area contributed by atoms with E-state index in [9.17, 15) is 18.4 Å². The third kappa shape index (κ3) is 3.49. The van der Waals surface area contributed by atoms with Gasteiger partial charge in [0.25, 0.3) is 5.91 Å². The number of carboxylic acid groups (broad SMARTS) is 1. The predicted octanol–water partition coefficient (Wildman–Crippen LogP) is -0.159. The lowest BCUT2D eigenvalue weighted by atomic mass is 10.3. The summed E-state index contributed by atoms with van der Waals surface area (Å²) in [6.45, 7) is 1.10. The first-order chi connectivity index (χ1) is 4.95. The highest BCUT2D eigenvalue weighted by Crippen LogP contribution is 1.92. The number of nitrogens with one attached hydrogen (secondary N) is 1. The number of carbonyl (C=O) groups excluding carboxylic acids is 1. The molecule has 1 amide bonds. The van der Waals surface area contributed by atoms with Crippen molar-refractivity contribution in [3.05, 3.63) is 0 Å². The van der Waals surface area contributed by atoms with Crippen molar-refractivity contribution >= 4 is 11.9 Å². The molecule has 0 radical (unpaired) electrons. The summed E-state index contributed by atoms with van der Waals surface area (Å²) in [5, 5.41) is 9.74. The molecule has 64 valence electrons. The van der Waals surface area contributed by atoms with E-state index in [1.807, 2.05) is 0 Å². The summed E-state index contributed by atoms with van der Waals surface area (Å²) in [6, 6.07) is -1.28. The van der Waals surface area contributed by atoms with Crippen LogP contribution in [0.1, 0.15) is 6.92 Å². The Bertz CT molecular complexity index is 171. The van der Waals surface area contributed by atoms with Crippen LogP contribution in [0.3, 0.4) is 0 Å². The largest absolute Gasteiger partial charge is 0.480 e. The summed E-state index contributed by atoms with van der Waals surface area (Å²) in [5.41, 5.74) is 0. The number of hydrogen-bond donors (Lipinski definition) is 2. The highest BCUT2D eigenvalue weighted by molar-refractivity contribution is 5.84. The van der Waals surface area contributed by atoms with Gasteiger partial charge in [0, 0.05) is 0 Å². The van der Waals surface area contributed by atoms with Crippen LogP contribution in [0.5, 0.6) is 0 Å². The minimum absolute atomic E-state index is 1.10. The molecule has 0 aromatic rings. The van der Waals surface area contributed by atoms with Gasteiger partial charge < -0.3 is 10.4 Å². The Balaban J connectivity index is 3.85. The van der Waals surface area contributed by atoms with Gasteiger partial charge in [-0.2, -0.15) is 8.78 Å². The number of carbonyl (C=O) groups is 2. The molecule has 0 rings (SSSR count). The Morgan fingerprint density at radius 1 is 1.45 bits per heavy atom. The summed E-state index contributed by atoms with van der Waals surface area (Å²) in [5.74, 6) is -2.92. The van der Waals surface area contributed by atoms with Gasteiger partial charge in [0.15, 0.2) is 0 Å². The van der Waals surface area contributed by atoms with Crippen molar-refractivity contribution in [3.8, 4) is 0 Å². The normalized spacial score (nSPS) is 12.7. The molecule has 0 bridgehead atoms. The Hall–Kier alpha value is -1.20. The summed E-state index contributed by atoms with van der Waals surface area (Å²) in [6.07, 6.45) is -3.17. The summed E-state index contributed by atoms with van der Waals surface area (Å²) in [4.78, 5) is 20.1. The van der Waals surface area contributed by atoms with Crippen molar-refractivity contribution in [2.45, 2.75) is 19.4 Å². The molecule has 6 heteroatoms. The molecule has 0 aliphatic carbocycles. The molecule has 0 unspecified atom stereocenters. The maximum Gasteiger partial charge on any atom is 0.325 e. The smallest absolute Gasteiger partial charge is 0.325 e. The average molecular weight is 167 g/mol. The van der Waals surface area contributed by atoms with E-state index in [0.717, 1.165) is 6.92 Å². The molecule has 0 aliphatic rings. The van der Waals surface area contributed by atoms with E-state index in [1.165, 1.54) is 0 Å². The number of carboxylic acids is 1. The van der Waals surface area contributed by atoms with Crippen LogP contribution >= 0.6 is 0 Å². The molecular weight excluding hydrogens is 160 g/mol. The molecule has 0 saturated heterocycles. The molecule has 0 heterocycles. The summed E-state index contributed by atoms with van der Waals surface area (Å²) < 4.78 is 22.9. The number of hydrogen-bond acceptors (Lipinski definition) is 2. The predicted molar refractivity (Wildman–Crippen MR) is 31.2 cm³/mol. The first-order valence-electron chi connectivity index (χ1n) is 2.76. The lowest BCUT2D eigenvalue weighted by Gasteiger charge is -2.07. The molecule has 1 atom stereocenters. The van der Waals surface area contributed by atoms with Gasteiger partial charge in [0.2, 0.25) is 0 Å². The SMILES string of the molecule is C[C@H](NC(=O)C(F)F)C(=O)O. The number of aliphatic carboxylic acids is 1. The van der Waals surface area contributed by atoms with Crippen molar-refractivity contribution in [1.29, 1.82) is 0 Å². The van der Waals surface area contributed by atoms with Gasteiger partial charge >= 0.3 is 12.4 Å². The molecule has 0 aliphatic heterocycles. The van der Waals surface area contributed by atoms with Crippen LogP contribution < -0.4 is 5.32 Å². The Morgan fingerprint density at radius 3 is 2.18 bits per heavy atom. The molecule has 0 saturated carbocycles. The van der Waals surface area contributed by atoms with Gasteiger partial charge in [0.05, 0.1) is 0 Å². The third-order valence-corrected chi connectivity index (χ3v) is 0.927. The zero-order valence-corrected chi connectivity index (χ0v) is 5.67. The van der Waals surface area contributed by atoms with E-state index in [-0.39, 0.29) is 0 Å². The monoisotopic (exact) mass is 167 g/mol. The molecule has 2 N–H and O–H groups in total. The molecule has 0 aromatic heterocycles. The van der Waals surface area contributed by atoms with Crippen molar-refractivity contribution in [2.75, 3.05) is 0 Å². The van der Waals surface area contributed by atoms with Crippen LogP contribution in [0.25, 0.3) is 0 Å². The number of rotatable bonds is 3. The van der Waals surface area contributed by atoms with E-state index in [0.29, 0.717) is 0 Å². The summed E-state index contributed by atoms with van der Waals surface area (Å²) in [7, 11) is 0. The Kier molecular flexibility index (Phi) is 3.43. The van der Waals surface area contributed by atoms with E-state index in [2.05, 4.69) is 0 Å². The van der Waals surface area contributed by atoms with Crippen molar-refractivity contribution in [1.82, 2.24) is 5.32 Å². The van der Waals surface area contributed by atoms with Crippen LogP contribution in [0.2, 0.25) is 0 Å². The fraction of sp³-hybridized carbons (Fsp3) is 0.600. The van der Waals surface area contributed by atoms with Gasteiger partial charge in [-0.3, -0.25) is 9.59 Å². The van der Waals surface area contributed by atoms with Crippen molar-refractivity contribution in [2.24, 2.45) is 0 Å². The van der Waals surface area contributed by atoms with Crippen molar-refractivity contribution in [3.63, 3.8) is 0 Å². The lowest BCUT2D eigenvalue weighted by molar-refractivity contribution is -0.143. The molecule has 11 heavy (non-hydrogen) atoms. The maximum absolute atomic E-state index is 11.4. The minimum Gasteiger partial charge on any atom is -0.480 e. The standard InChI is InChI=1S/C5H7F2NO3/c1-2(5(10)11)8-4(9)3(6)7/h2-3H,1H3,(H,8,9)(H,10,11)/t2-/m0/s1. The second kappa shape index (κ2) is 3.85. The maximum atomic E-state index is 11.4. The van der Waals surface area contributed by atoms with Gasteiger partial charge in [-0.05, 0) is 6.92 Å². The fourth-order valence-electron chi connectivity index (χ4n) is 0.338. The highest BCUT2D eigenvalue weighted by Gasteiger charge is 2.20. The van der Waals surface area contributed by atoms with Crippen LogP contribution in [0.15, 0.2) is 0 Å². The first kappa shape index (κ1) is 9.80. The summed E-state index contributed by atoms with van der Waals surface area (Å²) >= 11 is 0. The van der Waals surface area contributed by atoms with Crippen LogP contribution in [-0.4, -0.2) is 29.5 Å². The van der Waals surface area contributed by atoms with Gasteiger partial charge in [-0.1, -0.05) is 0 Å². The zero-order valence-electron chi connectivity index (χ0n) is 5.67. The number of halogens is 2. The molecule has 0 spiro atoms. The Labute approximate surface area is 61.2 Å². The molecule has 0 fully saturated rings. The Morgan fingerprint density at radius 2 is 1.91 bits per heavy atom. The van der Waals surface area contributed by atoms with Crippen LogP contribution in [0.4, 0.5) is 8.78 Å². The van der Waals surface area contributed by atoms with E-state index >= 15 is 0 Å². The van der Waals surface area contributed by atoms with E-state index < -0.39 is 24.3 Å². The molecule has 4 nitrogen and oxygen atoms in total. The number of amides is 1. The molecule has 0 aromatic carbocycles. The number of alkyl halides is 2. The highest BCUT2D eigenvalue weighted by atomic mass is 19.3. The van der Waals surface area contributed by atoms with E-state index in [1.54, 1.807) is 5.32 Å². The minimum atomic E-state index is -3.17. The third-order valence-electron chi connectivity index (χ3n) is 0.927. The van der Waals surface area contributed by atoms with Gasteiger partial charge in [-0.25, -0.2) is 0 Å². The van der Waals surface area contributed by atoms with Crippen LogP contribution in [0, 0.1) is 0 Å². The van der Waals surface area contributed by atoms with Gasteiger partial charge in [-0.15, -0.1) is 0 Å². The van der Waals surface area contributed by atoms with E-state index in [4.69, 9.17) is 5.11 Å². The zero-order chi connectivity index (χ0) is 9.02. The fourth-order valence-corrected chi connectivity index (χ4v) is 0.338. The second-order valence-corrected chi connectivity index (χ2v) is 1.87. The quantitative estimate of drug-likeness (QED) is 0.613. The topological polar surface area (TPSA) is 66.4 Å². The van der Waals surface area contributed by atoms with Gasteiger partial charge in [0.1, 0.15) is 6.04 Å². The molecular formula is C5H7F2NO3. The second-order valence-electron chi connectivity index (χ2n) is 1.87. The lowest BCUT2D eigenvalue weighted by Crippen LogP contribution is -2.41.